The first kappa shape index (κ1) is 5.15. The van der Waals surface area contributed by atoms with Crippen molar-refractivity contribution in [1.82, 2.24) is 15.5 Å². The Morgan fingerprint density at radius 3 is 3.25 bits per heavy atom. The molecule has 0 aromatic carbocycles. The molecule has 0 saturated heterocycles. The Hall–Kier alpha value is -0.990. The smallest absolute Gasteiger partial charge is 0.168 e. The van der Waals surface area contributed by atoms with Crippen molar-refractivity contribution < 1.29 is 0 Å². The van der Waals surface area contributed by atoms with Gasteiger partial charge in [0, 0.05) is 18.8 Å². The lowest BCUT2D eigenvalue weighted by molar-refractivity contribution is 0.870. The van der Waals surface area contributed by atoms with Gasteiger partial charge in [-0.2, -0.15) is 5.10 Å². The molecule has 0 aliphatic rings. The molecule has 3 nitrogen and oxygen atoms in total. The van der Waals surface area contributed by atoms with Gasteiger partial charge < -0.3 is 0 Å². The van der Waals surface area contributed by atoms with Crippen molar-refractivity contribution in [2.24, 2.45) is 0 Å². The van der Waals surface area contributed by atoms with Crippen LogP contribution in [-0.4, -0.2) is 16.7 Å². The van der Waals surface area contributed by atoms with Crippen molar-refractivity contribution in [1.29, 1.82) is 0 Å². The predicted molar refractivity (Wildman–Crippen MR) is 30.9 cm³/mol. The number of nitrogens with one attached hydrogen (secondary N) is 1. The highest BCUT2D eigenvalue weighted by molar-refractivity contribution is 5.20. The summed E-state index contributed by atoms with van der Waals surface area (Å²) in [5.74, 6) is 0.785. The van der Waals surface area contributed by atoms with Crippen LogP contribution in [0, 0.1) is 0 Å². The molecule has 0 aliphatic carbocycles. The van der Waals surface area contributed by atoms with Gasteiger partial charge in [0.25, 0.3) is 0 Å². The molecule has 1 aromatic heterocycles. The number of aromatic amines is 1. The summed E-state index contributed by atoms with van der Waals surface area (Å²) in [4.78, 5) is 0. The molecule has 0 bridgehead atoms. The third kappa shape index (κ3) is 0.992. The van der Waals surface area contributed by atoms with E-state index in [1.54, 1.807) is 6.20 Å². The third-order valence-electron chi connectivity index (χ3n) is 0.806. The lowest BCUT2D eigenvalue weighted by Gasteiger charge is -1.87. The first-order chi connectivity index (χ1) is 3.93. The maximum atomic E-state index is 4.02. The van der Waals surface area contributed by atoms with Crippen LogP contribution in [0.4, 0.5) is 5.82 Å². The summed E-state index contributed by atoms with van der Waals surface area (Å²) >= 11 is 0. The van der Waals surface area contributed by atoms with E-state index in [1.165, 1.54) is 0 Å². The molecular formula is C5H8N3. The fourth-order valence-corrected chi connectivity index (χ4v) is 0.503. The van der Waals surface area contributed by atoms with Crippen LogP contribution in [0.15, 0.2) is 12.3 Å². The van der Waals surface area contributed by atoms with Crippen LogP contribution >= 0.6 is 0 Å². The summed E-state index contributed by atoms with van der Waals surface area (Å²) in [6.45, 7) is 2.78. The van der Waals surface area contributed by atoms with Gasteiger partial charge in [-0.05, 0) is 6.92 Å². The van der Waals surface area contributed by atoms with Gasteiger partial charge in [-0.3, -0.25) is 10.4 Å². The Bertz CT molecular complexity index is 133. The van der Waals surface area contributed by atoms with Crippen molar-refractivity contribution in [2.75, 3.05) is 6.54 Å². The normalized spacial score (nSPS) is 9.12. The molecule has 3 heteroatoms. The molecule has 1 aromatic rings. The van der Waals surface area contributed by atoms with Crippen LogP contribution in [0.25, 0.3) is 0 Å². The number of hydrogen-bond acceptors (Lipinski definition) is 1. The average Bonchev–Trinajstić information content (AvgIpc) is 2.19. The Kier molecular flexibility index (Phi) is 1.51. The Morgan fingerprint density at radius 2 is 2.75 bits per heavy atom. The maximum absolute atomic E-state index is 4.02. The topological polar surface area (TPSA) is 42.8 Å². The van der Waals surface area contributed by atoms with E-state index in [9.17, 15) is 0 Å². The Balaban J connectivity index is 2.50. The number of nitrogens with zero attached hydrogens (tertiary/aromatic N) is 2. The van der Waals surface area contributed by atoms with E-state index in [-0.39, 0.29) is 0 Å². The highest BCUT2D eigenvalue weighted by Crippen LogP contribution is 1.95. The first-order valence-electron chi connectivity index (χ1n) is 2.60. The van der Waals surface area contributed by atoms with E-state index < -0.39 is 0 Å². The molecule has 0 fully saturated rings. The second-order valence-corrected chi connectivity index (χ2v) is 1.41. The van der Waals surface area contributed by atoms with Crippen LogP contribution in [0.5, 0.6) is 0 Å². The average molecular weight is 110 g/mol. The van der Waals surface area contributed by atoms with Gasteiger partial charge in [0.05, 0.1) is 0 Å². The SMILES string of the molecule is CC[N]c1cc[nH]n1. The molecule has 8 heavy (non-hydrogen) atoms. The van der Waals surface area contributed by atoms with E-state index >= 15 is 0 Å². The summed E-state index contributed by atoms with van der Waals surface area (Å²) in [6, 6.07) is 1.84. The summed E-state index contributed by atoms with van der Waals surface area (Å²) < 4.78 is 0. The molecule has 1 rings (SSSR count). The van der Waals surface area contributed by atoms with E-state index in [1.807, 2.05) is 13.0 Å². The van der Waals surface area contributed by atoms with Gasteiger partial charge in [0.1, 0.15) is 0 Å². The van der Waals surface area contributed by atoms with E-state index in [2.05, 4.69) is 15.5 Å². The van der Waals surface area contributed by atoms with Crippen LogP contribution in [0.3, 0.4) is 0 Å². The largest absolute Gasteiger partial charge is 0.284 e. The molecule has 0 unspecified atom stereocenters. The minimum atomic E-state index is 0.785. The Labute approximate surface area is 48.1 Å². The molecule has 1 heterocycles. The second-order valence-electron chi connectivity index (χ2n) is 1.41. The first-order valence-corrected chi connectivity index (χ1v) is 2.60. The lowest BCUT2D eigenvalue weighted by Crippen LogP contribution is -1.94. The standard InChI is InChI=1S/C5H8N3/c1-2-6-5-3-4-7-8-5/h3-4H,2H2,1H3,(H,7,8). The molecule has 0 saturated carbocycles. The van der Waals surface area contributed by atoms with Crippen LogP contribution in [-0.2, 0) is 0 Å². The van der Waals surface area contributed by atoms with Crippen molar-refractivity contribution in [3.8, 4) is 0 Å². The summed E-state index contributed by atoms with van der Waals surface area (Å²) in [6.07, 6.45) is 1.76. The molecular weight excluding hydrogens is 102 g/mol. The van der Waals surface area contributed by atoms with Crippen molar-refractivity contribution in [3.63, 3.8) is 0 Å². The quantitative estimate of drug-likeness (QED) is 0.597. The minimum Gasteiger partial charge on any atom is -0.284 e. The van der Waals surface area contributed by atoms with Gasteiger partial charge in [0.2, 0.25) is 0 Å². The predicted octanol–water partition coefficient (Wildman–Crippen LogP) is 0.665. The molecule has 0 aliphatic heterocycles. The van der Waals surface area contributed by atoms with Crippen molar-refractivity contribution in [3.05, 3.63) is 12.3 Å². The molecule has 0 amide bonds. The third-order valence-corrected chi connectivity index (χ3v) is 0.806. The summed E-state index contributed by atoms with van der Waals surface area (Å²) in [5.41, 5.74) is 0. The van der Waals surface area contributed by atoms with E-state index in [0.717, 1.165) is 12.4 Å². The van der Waals surface area contributed by atoms with Gasteiger partial charge >= 0.3 is 0 Å². The zero-order valence-electron chi connectivity index (χ0n) is 4.76. The van der Waals surface area contributed by atoms with Gasteiger partial charge in [0.15, 0.2) is 5.82 Å². The van der Waals surface area contributed by atoms with Gasteiger partial charge in [-0.15, -0.1) is 0 Å². The zero-order valence-corrected chi connectivity index (χ0v) is 4.76. The summed E-state index contributed by atoms with van der Waals surface area (Å²) in [7, 11) is 0. The summed E-state index contributed by atoms with van der Waals surface area (Å²) in [5, 5.41) is 10.5. The number of hydrogen-bond donors (Lipinski definition) is 1. The van der Waals surface area contributed by atoms with Crippen molar-refractivity contribution >= 4 is 5.82 Å². The second kappa shape index (κ2) is 2.35. The highest BCUT2D eigenvalue weighted by atomic mass is 15.2. The number of H-pyrrole nitrogens is 1. The zero-order chi connectivity index (χ0) is 5.82. The van der Waals surface area contributed by atoms with E-state index in [4.69, 9.17) is 0 Å². The Morgan fingerprint density at radius 1 is 1.88 bits per heavy atom. The minimum absolute atomic E-state index is 0.785. The maximum Gasteiger partial charge on any atom is 0.168 e. The van der Waals surface area contributed by atoms with Crippen molar-refractivity contribution in [2.45, 2.75) is 6.92 Å². The molecule has 1 N–H and O–H groups in total. The molecule has 0 atom stereocenters. The number of aromatic nitrogens is 2. The monoisotopic (exact) mass is 110 g/mol. The van der Waals surface area contributed by atoms with Crippen LogP contribution < -0.4 is 5.32 Å². The van der Waals surface area contributed by atoms with Gasteiger partial charge in [-0.25, -0.2) is 0 Å². The van der Waals surface area contributed by atoms with E-state index in [0.29, 0.717) is 0 Å². The fraction of sp³-hybridized carbons (Fsp3) is 0.400. The van der Waals surface area contributed by atoms with Crippen LogP contribution in [0.2, 0.25) is 0 Å². The fourth-order valence-electron chi connectivity index (χ4n) is 0.503. The molecule has 1 radical (unpaired) electrons. The molecule has 43 valence electrons. The van der Waals surface area contributed by atoms with Gasteiger partial charge in [-0.1, -0.05) is 0 Å². The molecule has 0 spiro atoms. The highest BCUT2D eigenvalue weighted by Gasteiger charge is 1.87. The van der Waals surface area contributed by atoms with Crippen LogP contribution in [0.1, 0.15) is 6.92 Å². The lowest BCUT2D eigenvalue weighted by atomic mass is 10.6. The number of rotatable bonds is 2.